The molecule has 0 aliphatic heterocycles. The predicted molar refractivity (Wildman–Crippen MR) is 197 cm³/mol. The lowest BCUT2D eigenvalue weighted by molar-refractivity contribution is 1.18. The molecule has 0 aliphatic carbocycles. The van der Waals surface area contributed by atoms with Gasteiger partial charge in [-0.1, -0.05) is 109 Å². The van der Waals surface area contributed by atoms with Crippen LogP contribution in [0.5, 0.6) is 0 Å². The lowest BCUT2D eigenvalue weighted by Crippen LogP contribution is -1.99. The Kier molecular flexibility index (Phi) is 6.22. The molecule has 9 aromatic rings. The molecule has 0 saturated heterocycles. The van der Waals surface area contributed by atoms with Gasteiger partial charge >= 0.3 is 0 Å². The summed E-state index contributed by atoms with van der Waals surface area (Å²) in [6, 6.07) is 56.6. The number of rotatable bonds is 4. The van der Waals surface area contributed by atoms with E-state index in [0.29, 0.717) is 11.3 Å². The lowest BCUT2D eigenvalue weighted by atomic mass is 9.91. The summed E-state index contributed by atoms with van der Waals surface area (Å²) in [7, 11) is 0. The second-order valence-corrected chi connectivity index (χ2v) is 11.9. The van der Waals surface area contributed by atoms with Gasteiger partial charge in [0.15, 0.2) is 0 Å². The summed E-state index contributed by atoms with van der Waals surface area (Å²) in [6.07, 6.45) is 0. The summed E-state index contributed by atoms with van der Waals surface area (Å²) in [4.78, 5) is 3.91. The van der Waals surface area contributed by atoms with E-state index in [2.05, 4.69) is 141 Å². The molecule has 9 rings (SSSR count). The summed E-state index contributed by atoms with van der Waals surface area (Å²) in [5.41, 5.74) is 11.5. The van der Waals surface area contributed by atoms with Crippen LogP contribution in [0.25, 0.3) is 82.1 Å². The van der Waals surface area contributed by atoms with Crippen molar-refractivity contribution in [3.05, 3.63) is 175 Å². The smallest absolute Gasteiger partial charge is 0.211 e. The molecule has 0 bridgehead atoms. The number of fused-ring (bicyclic) bond motifs is 6. The van der Waals surface area contributed by atoms with Crippen molar-refractivity contribution in [1.82, 2.24) is 9.13 Å². The van der Waals surface area contributed by atoms with Crippen molar-refractivity contribution < 1.29 is 0 Å². The first-order chi connectivity index (χ1) is 23.7. The second kappa shape index (κ2) is 10.9. The maximum atomic E-state index is 10.0. The van der Waals surface area contributed by atoms with Crippen LogP contribution in [-0.2, 0) is 0 Å². The van der Waals surface area contributed by atoms with Gasteiger partial charge in [0, 0.05) is 27.4 Å². The molecule has 0 fully saturated rings. The van der Waals surface area contributed by atoms with Crippen molar-refractivity contribution in [3.63, 3.8) is 0 Å². The summed E-state index contributed by atoms with van der Waals surface area (Å²) in [6.45, 7) is 7.96. The predicted octanol–water partition coefficient (Wildman–Crippen LogP) is 11.6. The molecule has 2 aromatic heterocycles. The molecule has 2 heterocycles. The first-order valence-corrected chi connectivity index (χ1v) is 15.9. The van der Waals surface area contributed by atoms with Crippen LogP contribution in [0, 0.1) is 17.9 Å². The maximum Gasteiger partial charge on any atom is 0.211 e. The highest BCUT2D eigenvalue weighted by molar-refractivity contribution is 6.13. The van der Waals surface area contributed by atoms with Crippen molar-refractivity contribution >= 4 is 49.3 Å². The number of hydrogen-bond donors (Lipinski definition) is 0. The van der Waals surface area contributed by atoms with Crippen LogP contribution in [0.15, 0.2) is 158 Å². The molecule has 48 heavy (non-hydrogen) atoms. The normalized spacial score (nSPS) is 11.3. The lowest BCUT2D eigenvalue weighted by Gasteiger charge is -2.18. The van der Waals surface area contributed by atoms with E-state index >= 15 is 0 Å². The van der Waals surface area contributed by atoms with Crippen LogP contribution in [0.1, 0.15) is 5.56 Å². The fraction of sp³-hybridized carbons (Fsp3) is 0. The average Bonchev–Trinajstić information content (AvgIpc) is 3.68. The van der Waals surface area contributed by atoms with Crippen molar-refractivity contribution in [2.75, 3.05) is 0 Å². The number of nitrogens with zero attached hydrogens (tertiary/aromatic N) is 4. The zero-order chi connectivity index (χ0) is 32.2. The van der Waals surface area contributed by atoms with Crippen LogP contribution in [0.3, 0.4) is 0 Å². The van der Waals surface area contributed by atoms with Crippen LogP contribution in [0.4, 0.5) is 5.69 Å². The fourth-order valence-corrected chi connectivity index (χ4v) is 7.34. The minimum absolute atomic E-state index is 0.598. The van der Waals surface area contributed by atoms with Gasteiger partial charge in [-0.3, -0.25) is 0 Å². The Morgan fingerprint density at radius 1 is 0.500 bits per heavy atom. The van der Waals surface area contributed by atoms with Crippen molar-refractivity contribution in [2.45, 2.75) is 0 Å². The molecular formula is C44H26N4. The summed E-state index contributed by atoms with van der Waals surface area (Å²) < 4.78 is 4.55. The molecule has 0 aliphatic rings. The van der Waals surface area contributed by atoms with Crippen molar-refractivity contribution in [1.29, 1.82) is 5.26 Å². The van der Waals surface area contributed by atoms with Gasteiger partial charge < -0.3 is 9.13 Å². The van der Waals surface area contributed by atoms with Gasteiger partial charge in [0.25, 0.3) is 0 Å². The second-order valence-electron chi connectivity index (χ2n) is 11.9. The molecule has 4 nitrogen and oxygen atoms in total. The molecule has 0 saturated carbocycles. The van der Waals surface area contributed by atoms with E-state index < -0.39 is 0 Å². The Morgan fingerprint density at radius 2 is 1.10 bits per heavy atom. The Bertz CT molecular complexity index is 2760. The third-order valence-electron chi connectivity index (χ3n) is 9.37. The first kappa shape index (κ1) is 27.4. The van der Waals surface area contributed by atoms with Crippen molar-refractivity contribution in [2.24, 2.45) is 0 Å². The standard InChI is InChI=1S/C44H26N4/c1-46-39-19-11-18-37-36-17-5-6-20-40(36)47(44(37)39)31-13-10-12-30(27-31)38-26-29(28-45)24-25-32(38)33-14-2-7-21-41(33)48-42-22-8-3-15-34(42)35-16-4-9-23-43(35)48/h2-27H. The molecule has 0 spiro atoms. The van der Waals surface area contributed by atoms with E-state index in [4.69, 9.17) is 6.57 Å². The van der Waals surface area contributed by atoms with Gasteiger partial charge in [-0.05, 0) is 70.6 Å². The maximum absolute atomic E-state index is 10.0. The Hall–Kier alpha value is -6.88. The third-order valence-corrected chi connectivity index (χ3v) is 9.37. The Morgan fingerprint density at radius 3 is 1.81 bits per heavy atom. The first-order valence-electron chi connectivity index (χ1n) is 15.9. The van der Waals surface area contributed by atoms with Gasteiger partial charge in [-0.2, -0.15) is 5.26 Å². The summed E-state index contributed by atoms with van der Waals surface area (Å²) >= 11 is 0. The van der Waals surface area contributed by atoms with Crippen molar-refractivity contribution in [3.8, 4) is 39.7 Å². The van der Waals surface area contributed by atoms with E-state index in [1.54, 1.807) is 0 Å². The van der Waals surface area contributed by atoms with Gasteiger partial charge in [0.05, 0.1) is 46.0 Å². The Balaban J connectivity index is 1.30. The molecular weight excluding hydrogens is 585 g/mol. The summed E-state index contributed by atoms with van der Waals surface area (Å²) in [5.74, 6) is 0. The van der Waals surface area contributed by atoms with E-state index in [1.165, 1.54) is 10.8 Å². The Labute approximate surface area is 277 Å². The van der Waals surface area contributed by atoms with Crippen LogP contribution >= 0.6 is 0 Å². The zero-order valence-corrected chi connectivity index (χ0v) is 25.8. The summed E-state index contributed by atoms with van der Waals surface area (Å²) in [5, 5.41) is 14.6. The molecule has 222 valence electrons. The molecule has 4 heteroatoms. The highest BCUT2D eigenvalue weighted by Gasteiger charge is 2.19. The van der Waals surface area contributed by atoms with Crippen LogP contribution in [-0.4, -0.2) is 9.13 Å². The fourth-order valence-electron chi connectivity index (χ4n) is 7.34. The quantitative estimate of drug-likeness (QED) is 0.183. The minimum atomic E-state index is 0.598. The van der Waals surface area contributed by atoms with Crippen LogP contribution < -0.4 is 0 Å². The SMILES string of the molecule is [C-]#[N+]c1cccc2c3ccccc3n(-c3cccc(-c4cc(C#N)ccc4-c4ccccc4-n4c5ccccc5c5ccccc54)c3)c12. The van der Waals surface area contributed by atoms with Gasteiger partial charge in [-0.25, -0.2) is 4.85 Å². The molecule has 0 amide bonds. The van der Waals surface area contributed by atoms with Crippen LogP contribution in [0.2, 0.25) is 0 Å². The molecule has 0 atom stereocenters. The highest BCUT2D eigenvalue weighted by atomic mass is 15.0. The number of hydrogen-bond acceptors (Lipinski definition) is 1. The van der Waals surface area contributed by atoms with Gasteiger partial charge in [-0.15, -0.1) is 0 Å². The molecule has 7 aromatic carbocycles. The van der Waals surface area contributed by atoms with E-state index in [9.17, 15) is 5.26 Å². The zero-order valence-electron chi connectivity index (χ0n) is 25.8. The van der Waals surface area contributed by atoms with Gasteiger partial charge in [0.2, 0.25) is 5.69 Å². The molecule has 0 N–H and O–H groups in total. The highest BCUT2D eigenvalue weighted by Crippen LogP contribution is 2.42. The average molecular weight is 611 g/mol. The number of para-hydroxylation sites is 5. The van der Waals surface area contributed by atoms with Gasteiger partial charge in [0.1, 0.15) is 0 Å². The number of nitriles is 1. The largest absolute Gasteiger partial charge is 0.319 e. The monoisotopic (exact) mass is 610 g/mol. The topological polar surface area (TPSA) is 38.0 Å². The number of aromatic nitrogens is 2. The molecule has 0 unspecified atom stereocenters. The van der Waals surface area contributed by atoms with E-state index in [0.717, 1.165) is 66.5 Å². The number of benzene rings is 7. The molecule has 0 radical (unpaired) electrons. The third kappa shape index (κ3) is 4.07. The van der Waals surface area contributed by atoms with E-state index in [-0.39, 0.29) is 0 Å². The van der Waals surface area contributed by atoms with E-state index in [1.807, 2.05) is 36.4 Å². The minimum Gasteiger partial charge on any atom is -0.319 e.